The molecule has 0 unspecified atom stereocenters. The lowest BCUT2D eigenvalue weighted by Crippen LogP contribution is -2.22. The molecule has 2 aromatic rings. The Labute approximate surface area is 115 Å². The molecule has 6 nitrogen and oxygen atoms in total. The van der Waals surface area contributed by atoms with Crippen LogP contribution in [0.5, 0.6) is 11.5 Å². The summed E-state index contributed by atoms with van der Waals surface area (Å²) in [7, 11) is 4.59. The summed E-state index contributed by atoms with van der Waals surface area (Å²) in [5.41, 5.74) is -0.0263. The molecular formula is C14H16O6. The number of benzene rings is 1. The van der Waals surface area contributed by atoms with E-state index in [9.17, 15) is 4.79 Å². The minimum absolute atomic E-state index is 0.207. The molecule has 0 radical (unpaired) electrons. The smallest absolute Gasteiger partial charge is 0.336 e. The number of fused-ring (bicyclic) bond motifs is 1. The van der Waals surface area contributed by atoms with Crippen LogP contribution in [0.15, 0.2) is 33.5 Å². The van der Waals surface area contributed by atoms with Gasteiger partial charge in [-0.1, -0.05) is 0 Å². The van der Waals surface area contributed by atoms with E-state index < -0.39 is 11.9 Å². The predicted molar refractivity (Wildman–Crippen MR) is 72.3 cm³/mol. The van der Waals surface area contributed by atoms with Crippen LogP contribution < -0.4 is 15.1 Å². The van der Waals surface area contributed by atoms with Crippen molar-refractivity contribution in [3.63, 3.8) is 0 Å². The van der Waals surface area contributed by atoms with Crippen molar-refractivity contribution in [2.75, 3.05) is 27.9 Å². The Morgan fingerprint density at radius 1 is 1.15 bits per heavy atom. The van der Waals surface area contributed by atoms with Crippen LogP contribution in [0.2, 0.25) is 0 Å². The van der Waals surface area contributed by atoms with Crippen LogP contribution >= 0.6 is 0 Å². The third-order valence-corrected chi connectivity index (χ3v) is 2.81. The normalized spacial score (nSPS) is 11.0. The van der Waals surface area contributed by atoms with Crippen LogP contribution in [-0.2, 0) is 9.47 Å². The van der Waals surface area contributed by atoms with E-state index in [1.54, 1.807) is 18.2 Å². The van der Waals surface area contributed by atoms with Gasteiger partial charge in [-0.3, -0.25) is 0 Å². The van der Waals surface area contributed by atoms with Gasteiger partial charge >= 0.3 is 5.63 Å². The van der Waals surface area contributed by atoms with Crippen molar-refractivity contribution in [1.29, 1.82) is 0 Å². The third-order valence-electron chi connectivity index (χ3n) is 2.81. The minimum Gasteiger partial charge on any atom is -0.496 e. The van der Waals surface area contributed by atoms with Crippen LogP contribution in [0.25, 0.3) is 11.0 Å². The van der Waals surface area contributed by atoms with Crippen LogP contribution in [0.4, 0.5) is 0 Å². The quantitative estimate of drug-likeness (QED) is 0.593. The van der Waals surface area contributed by atoms with Crippen LogP contribution in [0.1, 0.15) is 0 Å². The summed E-state index contributed by atoms with van der Waals surface area (Å²) < 4.78 is 26.0. The van der Waals surface area contributed by atoms with Gasteiger partial charge in [0.25, 0.3) is 0 Å². The van der Waals surface area contributed by atoms with Gasteiger partial charge in [-0.25, -0.2) is 4.79 Å². The molecule has 0 spiro atoms. The Kier molecular flexibility index (Phi) is 4.60. The molecule has 6 heteroatoms. The standard InChI is InChI=1S/C14H16O6/c1-16-11-6-9(19-8-14(17-2)18-3)7-12-10(11)4-5-13(15)20-12/h4-7,14H,8H2,1-3H3. The van der Waals surface area contributed by atoms with Crippen molar-refractivity contribution in [2.45, 2.75) is 6.29 Å². The summed E-state index contributed by atoms with van der Waals surface area (Å²) in [6.45, 7) is 0.207. The Bertz CT molecular complexity index is 629. The molecule has 20 heavy (non-hydrogen) atoms. The molecule has 1 aromatic heterocycles. The lowest BCUT2D eigenvalue weighted by atomic mass is 10.2. The Morgan fingerprint density at radius 2 is 1.90 bits per heavy atom. The first-order chi connectivity index (χ1) is 9.67. The summed E-state index contributed by atoms with van der Waals surface area (Å²) in [5.74, 6) is 1.07. The zero-order chi connectivity index (χ0) is 14.5. The number of hydrogen-bond donors (Lipinski definition) is 0. The third kappa shape index (κ3) is 3.09. The first-order valence-corrected chi connectivity index (χ1v) is 5.98. The second-order valence-electron chi connectivity index (χ2n) is 4.00. The molecule has 0 saturated carbocycles. The highest BCUT2D eigenvalue weighted by Gasteiger charge is 2.10. The molecule has 0 aliphatic rings. The van der Waals surface area contributed by atoms with Crippen LogP contribution in [0, 0.1) is 0 Å². The molecule has 0 saturated heterocycles. The number of rotatable bonds is 6. The van der Waals surface area contributed by atoms with Gasteiger partial charge in [0.15, 0.2) is 6.29 Å². The average molecular weight is 280 g/mol. The monoisotopic (exact) mass is 280 g/mol. The van der Waals surface area contributed by atoms with Crippen molar-refractivity contribution in [3.05, 3.63) is 34.7 Å². The van der Waals surface area contributed by atoms with Crippen molar-refractivity contribution < 1.29 is 23.4 Å². The van der Waals surface area contributed by atoms with Gasteiger partial charge in [-0.15, -0.1) is 0 Å². The maximum atomic E-state index is 11.3. The summed E-state index contributed by atoms with van der Waals surface area (Å²) in [6.07, 6.45) is -0.473. The zero-order valence-electron chi connectivity index (χ0n) is 11.5. The fourth-order valence-electron chi connectivity index (χ4n) is 1.77. The molecule has 0 amide bonds. The highest BCUT2D eigenvalue weighted by Crippen LogP contribution is 2.30. The molecule has 0 bridgehead atoms. The maximum absolute atomic E-state index is 11.3. The highest BCUT2D eigenvalue weighted by molar-refractivity contribution is 5.84. The first-order valence-electron chi connectivity index (χ1n) is 5.98. The van der Waals surface area contributed by atoms with Crippen LogP contribution in [0.3, 0.4) is 0 Å². The van der Waals surface area contributed by atoms with E-state index in [2.05, 4.69) is 0 Å². The lowest BCUT2D eigenvalue weighted by molar-refractivity contribution is -0.121. The highest BCUT2D eigenvalue weighted by atomic mass is 16.7. The molecule has 0 aliphatic carbocycles. The molecule has 2 rings (SSSR count). The van der Waals surface area contributed by atoms with Gasteiger partial charge in [0.2, 0.25) is 0 Å². The molecular weight excluding hydrogens is 264 g/mol. The summed E-state index contributed by atoms with van der Waals surface area (Å²) in [5, 5.41) is 0.703. The van der Waals surface area contributed by atoms with Gasteiger partial charge < -0.3 is 23.4 Å². The van der Waals surface area contributed by atoms with Gasteiger partial charge in [0.1, 0.15) is 23.7 Å². The van der Waals surface area contributed by atoms with Crippen molar-refractivity contribution in [2.24, 2.45) is 0 Å². The molecule has 108 valence electrons. The minimum atomic E-state index is -0.473. The topological polar surface area (TPSA) is 67.1 Å². The number of ether oxygens (including phenoxy) is 4. The van der Waals surface area contributed by atoms with Crippen molar-refractivity contribution >= 4 is 11.0 Å². The summed E-state index contributed by atoms with van der Waals surface area (Å²) >= 11 is 0. The van der Waals surface area contributed by atoms with E-state index in [1.807, 2.05) is 0 Å². The van der Waals surface area contributed by atoms with E-state index in [0.29, 0.717) is 22.5 Å². The number of methoxy groups -OCH3 is 3. The molecule has 1 aromatic carbocycles. The first kappa shape index (κ1) is 14.4. The second-order valence-corrected chi connectivity index (χ2v) is 4.00. The average Bonchev–Trinajstić information content (AvgIpc) is 2.47. The Balaban J connectivity index is 2.32. The molecule has 0 atom stereocenters. The van der Waals surface area contributed by atoms with Gasteiger partial charge in [-0.05, 0) is 6.07 Å². The molecule has 0 fully saturated rings. The van der Waals surface area contributed by atoms with E-state index in [4.69, 9.17) is 23.4 Å². The van der Waals surface area contributed by atoms with Gasteiger partial charge in [-0.2, -0.15) is 0 Å². The van der Waals surface area contributed by atoms with E-state index >= 15 is 0 Å². The van der Waals surface area contributed by atoms with Gasteiger partial charge in [0.05, 0.1) is 12.5 Å². The SMILES string of the molecule is COc1cc(OCC(OC)OC)cc2oc(=O)ccc12. The lowest BCUT2D eigenvalue weighted by Gasteiger charge is -2.15. The summed E-state index contributed by atoms with van der Waals surface area (Å²) in [6, 6.07) is 6.33. The second kappa shape index (κ2) is 6.40. The van der Waals surface area contributed by atoms with Crippen molar-refractivity contribution in [1.82, 2.24) is 0 Å². The molecule has 0 N–H and O–H groups in total. The molecule has 0 aliphatic heterocycles. The number of hydrogen-bond acceptors (Lipinski definition) is 6. The molecule has 1 heterocycles. The van der Waals surface area contributed by atoms with Crippen molar-refractivity contribution in [3.8, 4) is 11.5 Å². The fraction of sp³-hybridized carbons (Fsp3) is 0.357. The van der Waals surface area contributed by atoms with Crippen LogP contribution in [-0.4, -0.2) is 34.2 Å². The summed E-state index contributed by atoms with van der Waals surface area (Å²) in [4.78, 5) is 11.3. The van der Waals surface area contributed by atoms with E-state index in [1.165, 1.54) is 27.4 Å². The Morgan fingerprint density at radius 3 is 2.55 bits per heavy atom. The fourth-order valence-corrected chi connectivity index (χ4v) is 1.77. The zero-order valence-corrected chi connectivity index (χ0v) is 11.5. The Hall–Kier alpha value is -2.05. The van der Waals surface area contributed by atoms with E-state index in [-0.39, 0.29) is 6.61 Å². The predicted octanol–water partition coefficient (Wildman–Crippen LogP) is 1.80. The largest absolute Gasteiger partial charge is 0.496 e. The maximum Gasteiger partial charge on any atom is 0.336 e. The van der Waals surface area contributed by atoms with Gasteiger partial charge in [0, 0.05) is 32.4 Å². The van der Waals surface area contributed by atoms with E-state index in [0.717, 1.165) is 0 Å².